The molecule has 7 heteroatoms. The normalized spacial score (nSPS) is 14.9. The lowest BCUT2D eigenvalue weighted by Crippen LogP contribution is -2.19. The summed E-state index contributed by atoms with van der Waals surface area (Å²) >= 11 is 5.01. The first kappa shape index (κ1) is 25.6. The van der Waals surface area contributed by atoms with Gasteiger partial charge in [-0.15, -0.1) is 11.3 Å². The van der Waals surface area contributed by atoms with Crippen molar-refractivity contribution >= 4 is 55.0 Å². The monoisotopic (exact) mass is 575 g/mol. The van der Waals surface area contributed by atoms with E-state index in [0.717, 1.165) is 75.6 Å². The SMILES string of the molecule is CCCCc1ccc(-c2cc(C(=O)Nc3sc4c(c3C(N)=O)CC[C@@H](C)C4)c3cc(Br)ccc3n2)cc1. The van der Waals surface area contributed by atoms with E-state index in [1.165, 1.54) is 16.9 Å². The Morgan fingerprint density at radius 2 is 1.95 bits per heavy atom. The van der Waals surface area contributed by atoms with E-state index in [-0.39, 0.29) is 5.91 Å². The van der Waals surface area contributed by atoms with Crippen LogP contribution < -0.4 is 11.1 Å². The maximum Gasteiger partial charge on any atom is 0.257 e. The first-order valence-corrected chi connectivity index (χ1v) is 14.4. The second kappa shape index (κ2) is 10.8. The number of nitrogens with zero attached hydrogens (tertiary/aromatic N) is 1. The number of aromatic nitrogens is 1. The van der Waals surface area contributed by atoms with E-state index in [4.69, 9.17) is 10.7 Å². The molecular formula is C30H30BrN3O2S. The van der Waals surface area contributed by atoms with Crippen LogP contribution >= 0.6 is 27.3 Å². The van der Waals surface area contributed by atoms with Crippen LogP contribution in [0.25, 0.3) is 22.2 Å². The molecule has 190 valence electrons. The maximum absolute atomic E-state index is 13.7. The highest BCUT2D eigenvalue weighted by Gasteiger charge is 2.28. The number of anilines is 1. The molecule has 1 atom stereocenters. The Labute approximate surface area is 229 Å². The number of amides is 2. The number of pyridine rings is 1. The second-order valence-corrected chi connectivity index (χ2v) is 11.9. The summed E-state index contributed by atoms with van der Waals surface area (Å²) < 4.78 is 0.863. The van der Waals surface area contributed by atoms with E-state index >= 15 is 0 Å². The third-order valence-corrected chi connectivity index (χ3v) is 8.73. The van der Waals surface area contributed by atoms with Crippen LogP contribution in [0.3, 0.4) is 0 Å². The number of thiophene rings is 1. The van der Waals surface area contributed by atoms with Gasteiger partial charge in [-0.2, -0.15) is 0 Å². The number of carbonyl (C=O) groups is 2. The summed E-state index contributed by atoms with van der Waals surface area (Å²) in [6, 6.07) is 16.0. The van der Waals surface area contributed by atoms with Crippen LogP contribution in [0.5, 0.6) is 0 Å². The average Bonchev–Trinajstić information content (AvgIpc) is 3.24. The fraction of sp³-hybridized carbons (Fsp3) is 0.300. The summed E-state index contributed by atoms with van der Waals surface area (Å²) in [5.74, 6) is -0.221. The molecule has 2 aromatic carbocycles. The fourth-order valence-electron chi connectivity index (χ4n) is 5.03. The van der Waals surface area contributed by atoms with Gasteiger partial charge in [0.05, 0.1) is 22.3 Å². The third-order valence-electron chi connectivity index (χ3n) is 7.07. The molecule has 1 aliphatic carbocycles. The van der Waals surface area contributed by atoms with Gasteiger partial charge in [-0.3, -0.25) is 9.59 Å². The van der Waals surface area contributed by atoms with Crippen LogP contribution in [0, 0.1) is 5.92 Å². The van der Waals surface area contributed by atoms with Crippen molar-refractivity contribution in [3.63, 3.8) is 0 Å². The van der Waals surface area contributed by atoms with Gasteiger partial charge in [0, 0.05) is 20.3 Å². The Morgan fingerprint density at radius 1 is 1.16 bits per heavy atom. The molecule has 5 nitrogen and oxygen atoms in total. The Morgan fingerprint density at radius 3 is 2.68 bits per heavy atom. The lowest BCUT2D eigenvalue weighted by atomic mass is 9.88. The molecule has 0 fully saturated rings. The van der Waals surface area contributed by atoms with Crippen LogP contribution in [0.4, 0.5) is 5.00 Å². The molecule has 0 bridgehead atoms. The lowest BCUT2D eigenvalue weighted by Gasteiger charge is -2.18. The van der Waals surface area contributed by atoms with Gasteiger partial charge >= 0.3 is 0 Å². The standard InChI is InChI=1S/C30H30BrN3O2S/c1-3-4-5-18-7-9-19(10-8-18)25-16-23(22-15-20(31)11-13-24(22)33-25)29(36)34-30-27(28(32)35)21-12-6-17(2)14-26(21)37-30/h7-11,13,15-17H,3-6,12,14H2,1-2H3,(H2,32,35)(H,34,36)/t17-/m1/s1. The molecular weight excluding hydrogens is 546 g/mol. The maximum atomic E-state index is 13.7. The minimum atomic E-state index is -0.492. The van der Waals surface area contributed by atoms with Crippen LogP contribution in [0.2, 0.25) is 0 Å². The molecule has 0 radical (unpaired) electrons. The van der Waals surface area contributed by atoms with Gasteiger partial charge in [-0.05, 0) is 73.4 Å². The van der Waals surface area contributed by atoms with Crippen molar-refractivity contribution in [2.45, 2.75) is 52.4 Å². The van der Waals surface area contributed by atoms with E-state index in [9.17, 15) is 9.59 Å². The number of halogens is 1. The number of hydrogen-bond donors (Lipinski definition) is 2. The average molecular weight is 577 g/mol. The zero-order chi connectivity index (χ0) is 26.1. The molecule has 0 saturated heterocycles. The number of primary amides is 1. The van der Waals surface area contributed by atoms with Gasteiger partial charge in [-0.25, -0.2) is 4.98 Å². The number of nitrogens with one attached hydrogen (secondary N) is 1. The number of hydrogen-bond acceptors (Lipinski definition) is 4. The quantitative estimate of drug-likeness (QED) is 0.238. The van der Waals surface area contributed by atoms with Crippen LogP contribution in [-0.4, -0.2) is 16.8 Å². The van der Waals surface area contributed by atoms with Gasteiger partial charge in [0.1, 0.15) is 5.00 Å². The fourth-order valence-corrected chi connectivity index (χ4v) is 6.80. The zero-order valence-electron chi connectivity index (χ0n) is 21.1. The Hall–Kier alpha value is -3.03. The van der Waals surface area contributed by atoms with Gasteiger partial charge < -0.3 is 11.1 Å². The minimum Gasteiger partial charge on any atom is -0.365 e. The molecule has 4 aromatic rings. The van der Waals surface area contributed by atoms with Crippen LogP contribution in [0.1, 0.15) is 69.8 Å². The molecule has 0 unspecified atom stereocenters. The largest absolute Gasteiger partial charge is 0.365 e. The molecule has 0 saturated carbocycles. The third kappa shape index (κ3) is 5.34. The van der Waals surface area contributed by atoms with E-state index in [1.54, 1.807) is 0 Å². The van der Waals surface area contributed by atoms with Gasteiger partial charge in [0.15, 0.2) is 0 Å². The molecule has 0 spiro atoms. The Balaban J connectivity index is 1.54. The van der Waals surface area contributed by atoms with Gasteiger partial charge in [0.25, 0.3) is 11.8 Å². The van der Waals surface area contributed by atoms with Gasteiger partial charge in [-0.1, -0.05) is 60.5 Å². The van der Waals surface area contributed by atoms with Crippen molar-refractivity contribution in [2.24, 2.45) is 11.7 Å². The van der Waals surface area contributed by atoms with E-state index in [2.05, 4.69) is 59.4 Å². The first-order valence-electron chi connectivity index (χ1n) is 12.8. The summed E-state index contributed by atoms with van der Waals surface area (Å²) in [6.45, 7) is 4.40. The number of carbonyl (C=O) groups excluding carboxylic acids is 2. The van der Waals surface area contributed by atoms with Crippen LogP contribution in [-0.2, 0) is 19.3 Å². The number of nitrogens with two attached hydrogens (primary N) is 1. The number of fused-ring (bicyclic) bond motifs is 2. The molecule has 3 N–H and O–H groups in total. The predicted octanol–water partition coefficient (Wildman–Crippen LogP) is 7.54. The first-order chi connectivity index (χ1) is 17.8. The predicted molar refractivity (Wildman–Crippen MR) is 155 cm³/mol. The highest BCUT2D eigenvalue weighted by Crippen LogP contribution is 2.40. The summed E-state index contributed by atoms with van der Waals surface area (Å²) in [6.07, 6.45) is 6.09. The summed E-state index contributed by atoms with van der Waals surface area (Å²) in [5, 5.41) is 4.32. The molecule has 5 rings (SSSR count). The second-order valence-electron chi connectivity index (χ2n) is 9.89. The topological polar surface area (TPSA) is 85.1 Å². The summed E-state index contributed by atoms with van der Waals surface area (Å²) in [7, 11) is 0. The lowest BCUT2D eigenvalue weighted by molar-refractivity contribution is 0.1000. The van der Waals surface area contributed by atoms with Crippen molar-refractivity contribution in [1.29, 1.82) is 0 Å². The molecule has 2 heterocycles. The molecule has 2 aromatic heterocycles. The van der Waals surface area contributed by atoms with Crippen molar-refractivity contribution in [2.75, 3.05) is 5.32 Å². The zero-order valence-corrected chi connectivity index (χ0v) is 23.5. The molecule has 0 aliphatic heterocycles. The summed E-state index contributed by atoms with van der Waals surface area (Å²) in [5.41, 5.74) is 11.5. The number of aryl methyl sites for hydroxylation is 1. The van der Waals surface area contributed by atoms with Crippen molar-refractivity contribution in [3.8, 4) is 11.3 Å². The smallest absolute Gasteiger partial charge is 0.257 e. The van der Waals surface area contributed by atoms with Crippen molar-refractivity contribution in [1.82, 2.24) is 4.98 Å². The number of rotatable bonds is 7. The molecule has 2 amide bonds. The van der Waals surface area contributed by atoms with Crippen molar-refractivity contribution in [3.05, 3.63) is 80.1 Å². The number of unbranched alkanes of at least 4 members (excludes halogenated alkanes) is 1. The van der Waals surface area contributed by atoms with E-state index in [0.29, 0.717) is 22.0 Å². The van der Waals surface area contributed by atoms with Gasteiger partial charge in [0.2, 0.25) is 0 Å². The number of benzene rings is 2. The van der Waals surface area contributed by atoms with E-state index in [1.807, 2.05) is 24.3 Å². The van der Waals surface area contributed by atoms with Crippen molar-refractivity contribution < 1.29 is 9.59 Å². The van der Waals surface area contributed by atoms with E-state index < -0.39 is 5.91 Å². The Bertz CT molecular complexity index is 1490. The Kier molecular flexibility index (Phi) is 7.45. The summed E-state index contributed by atoms with van der Waals surface area (Å²) in [4.78, 5) is 32.2. The minimum absolute atomic E-state index is 0.277. The highest BCUT2D eigenvalue weighted by atomic mass is 79.9. The molecule has 37 heavy (non-hydrogen) atoms. The highest BCUT2D eigenvalue weighted by molar-refractivity contribution is 9.10. The molecule has 1 aliphatic rings. The van der Waals surface area contributed by atoms with Crippen LogP contribution in [0.15, 0.2) is 53.0 Å².